The van der Waals surface area contributed by atoms with E-state index in [1.807, 2.05) is 0 Å². The van der Waals surface area contributed by atoms with Crippen molar-refractivity contribution in [3.8, 4) is 0 Å². The van der Waals surface area contributed by atoms with Gasteiger partial charge < -0.3 is 0 Å². The predicted molar refractivity (Wildman–Crippen MR) is 89.5 cm³/mol. The third kappa shape index (κ3) is 1.78. The van der Waals surface area contributed by atoms with E-state index in [1.54, 1.807) is 16.7 Å². The topological polar surface area (TPSA) is 0 Å². The predicted octanol–water partition coefficient (Wildman–Crippen LogP) is 3.33. The monoisotopic (exact) mass is 358 g/mol. The van der Waals surface area contributed by atoms with Crippen molar-refractivity contribution in [2.45, 2.75) is 25.7 Å². The normalized spacial score (nSPS) is 19.7. The van der Waals surface area contributed by atoms with E-state index in [1.165, 1.54) is 32.4 Å². The summed E-state index contributed by atoms with van der Waals surface area (Å²) < 4.78 is 1.38. The zero-order valence-corrected chi connectivity index (χ0v) is 12.9. The molecule has 0 saturated carbocycles. The highest BCUT2D eigenvalue weighted by Gasteiger charge is 2.17. The molecule has 1 aromatic rings. The summed E-state index contributed by atoms with van der Waals surface area (Å²) in [5, 5.41) is 2.96. The number of allylic oxidation sites excluding steroid dienone is 6. The van der Waals surface area contributed by atoms with Gasteiger partial charge in [-0.3, -0.25) is 0 Å². The first-order chi connectivity index (χ1) is 9.34. The second-order valence-electron chi connectivity index (χ2n) is 5.36. The second kappa shape index (κ2) is 4.48. The van der Waals surface area contributed by atoms with E-state index in [-0.39, 0.29) is 0 Å². The van der Waals surface area contributed by atoms with Gasteiger partial charge in [-0.1, -0.05) is 42.5 Å². The fourth-order valence-electron chi connectivity index (χ4n) is 3.41. The van der Waals surface area contributed by atoms with Crippen molar-refractivity contribution in [3.63, 3.8) is 0 Å². The van der Waals surface area contributed by atoms with E-state index in [4.69, 9.17) is 0 Å². The molecule has 4 rings (SSSR count). The van der Waals surface area contributed by atoms with E-state index in [2.05, 4.69) is 65.1 Å². The van der Waals surface area contributed by atoms with E-state index < -0.39 is 0 Å². The van der Waals surface area contributed by atoms with Gasteiger partial charge >= 0.3 is 0 Å². The Labute approximate surface area is 127 Å². The zero-order chi connectivity index (χ0) is 12.8. The Bertz CT molecular complexity index is 773. The van der Waals surface area contributed by atoms with Crippen LogP contribution in [0.5, 0.6) is 0 Å². The molecule has 0 heterocycles. The summed E-state index contributed by atoms with van der Waals surface area (Å²) in [6, 6.07) is 4.68. The van der Waals surface area contributed by atoms with Crippen LogP contribution in [0.3, 0.4) is 0 Å². The molecular weight excluding hydrogens is 343 g/mol. The first kappa shape index (κ1) is 11.7. The zero-order valence-electron chi connectivity index (χ0n) is 10.7. The van der Waals surface area contributed by atoms with Crippen LogP contribution in [-0.2, 0) is 12.8 Å². The lowest BCUT2D eigenvalue weighted by molar-refractivity contribution is 1.000. The van der Waals surface area contributed by atoms with Crippen LogP contribution >= 0.6 is 22.6 Å². The lowest BCUT2D eigenvalue weighted by Crippen LogP contribution is -2.27. The lowest BCUT2D eigenvalue weighted by Gasteiger charge is -2.22. The van der Waals surface area contributed by atoms with Crippen LogP contribution in [0.2, 0.25) is 0 Å². The molecule has 0 atom stereocenters. The Balaban J connectivity index is 2.08. The van der Waals surface area contributed by atoms with Crippen molar-refractivity contribution in [2.24, 2.45) is 0 Å². The van der Waals surface area contributed by atoms with Gasteiger partial charge in [0.15, 0.2) is 0 Å². The number of rotatable bonds is 0. The molecule has 0 spiro atoms. The second-order valence-corrected chi connectivity index (χ2v) is 6.52. The average molecular weight is 358 g/mol. The van der Waals surface area contributed by atoms with Crippen molar-refractivity contribution in [1.82, 2.24) is 0 Å². The fourth-order valence-corrected chi connectivity index (χ4v) is 4.17. The molecule has 0 fully saturated rings. The maximum absolute atomic E-state index is 2.46. The van der Waals surface area contributed by atoms with Crippen LogP contribution < -0.4 is 10.4 Å². The third-order valence-corrected chi connectivity index (χ3v) is 5.27. The molecule has 0 amide bonds. The summed E-state index contributed by atoms with van der Waals surface area (Å²) in [7, 11) is 0. The summed E-state index contributed by atoms with van der Waals surface area (Å²) in [6.07, 6.45) is 16.1. The SMILES string of the molecule is IC1=c2ccc3c(c2CC=C1)CC=C1C=CCCC=31. The maximum Gasteiger partial charge on any atom is 0.0202 e. The van der Waals surface area contributed by atoms with Crippen molar-refractivity contribution in [1.29, 1.82) is 0 Å². The summed E-state index contributed by atoms with van der Waals surface area (Å²) >= 11 is 2.46. The number of hydrogen-bond donors (Lipinski definition) is 0. The van der Waals surface area contributed by atoms with E-state index in [0.29, 0.717) is 0 Å². The largest absolute Gasteiger partial charge is 0.0836 e. The van der Waals surface area contributed by atoms with Gasteiger partial charge in [-0.15, -0.1) is 0 Å². The summed E-state index contributed by atoms with van der Waals surface area (Å²) in [5.74, 6) is 0. The number of halogens is 1. The van der Waals surface area contributed by atoms with Gasteiger partial charge in [0.25, 0.3) is 0 Å². The third-order valence-electron chi connectivity index (χ3n) is 4.33. The Kier molecular flexibility index (Phi) is 2.76. The number of hydrogen-bond acceptors (Lipinski definition) is 0. The van der Waals surface area contributed by atoms with Crippen LogP contribution in [0.1, 0.15) is 24.0 Å². The summed E-state index contributed by atoms with van der Waals surface area (Å²) in [6.45, 7) is 0. The van der Waals surface area contributed by atoms with Crippen molar-refractivity contribution < 1.29 is 0 Å². The van der Waals surface area contributed by atoms with Crippen LogP contribution in [-0.4, -0.2) is 0 Å². The Morgan fingerprint density at radius 2 is 1.74 bits per heavy atom. The highest BCUT2D eigenvalue weighted by molar-refractivity contribution is 14.1. The summed E-state index contributed by atoms with van der Waals surface area (Å²) in [5.41, 5.74) is 6.16. The van der Waals surface area contributed by atoms with Gasteiger partial charge in [0, 0.05) is 3.58 Å². The van der Waals surface area contributed by atoms with E-state index >= 15 is 0 Å². The maximum atomic E-state index is 2.46. The Morgan fingerprint density at radius 3 is 2.68 bits per heavy atom. The molecule has 19 heavy (non-hydrogen) atoms. The van der Waals surface area contributed by atoms with Crippen molar-refractivity contribution >= 4 is 31.7 Å². The molecule has 0 aromatic heterocycles. The van der Waals surface area contributed by atoms with E-state index in [9.17, 15) is 0 Å². The van der Waals surface area contributed by atoms with Crippen LogP contribution in [0.15, 0.2) is 48.1 Å². The molecule has 0 N–H and O–H groups in total. The first-order valence-electron chi connectivity index (χ1n) is 6.92. The van der Waals surface area contributed by atoms with Crippen LogP contribution in [0.4, 0.5) is 0 Å². The van der Waals surface area contributed by atoms with Crippen LogP contribution in [0.25, 0.3) is 9.15 Å². The highest BCUT2D eigenvalue weighted by atomic mass is 127. The molecule has 1 heteroatoms. The molecule has 3 aliphatic carbocycles. The molecule has 0 nitrogen and oxygen atoms in total. The van der Waals surface area contributed by atoms with Gasteiger partial charge in [-0.05, 0) is 81.0 Å². The Hall–Kier alpha value is -1.09. The standard InChI is InChI=1S/C18H15I/c19-18-7-3-6-14-16-9-8-12-4-1-2-5-13(12)15(16)10-11-17(14)18/h1,3-4,7-8,10-11H,2,5-6,9H2. The average Bonchev–Trinajstić information content (AvgIpc) is 2.47. The van der Waals surface area contributed by atoms with Gasteiger partial charge in [0.1, 0.15) is 0 Å². The fraction of sp³-hybridized carbons (Fsp3) is 0.222. The highest BCUT2D eigenvalue weighted by Crippen LogP contribution is 2.27. The summed E-state index contributed by atoms with van der Waals surface area (Å²) in [4.78, 5) is 0. The lowest BCUT2D eigenvalue weighted by atomic mass is 9.83. The van der Waals surface area contributed by atoms with Crippen molar-refractivity contribution in [3.05, 3.63) is 69.7 Å². The van der Waals surface area contributed by atoms with Crippen LogP contribution in [0, 0.1) is 0 Å². The first-order valence-corrected chi connectivity index (χ1v) is 8.00. The van der Waals surface area contributed by atoms with Gasteiger partial charge in [0.2, 0.25) is 0 Å². The van der Waals surface area contributed by atoms with E-state index in [0.717, 1.165) is 12.8 Å². The minimum absolute atomic E-state index is 1.09. The van der Waals surface area contributed by atoms with Gasteiger partial charge in [-0.2, -0.15) is 0 Å². The Morgan fingerprint density at radius 1 is 0.895 bits per heavy atom. The smallest absolute Gasteiger partial charge is 0.0202 e. The molecule has 1 aromatic carbocycles. The van der Waals surface area contributed by atoms with Crippen molar-refractivity contribution in [2.75, 3.05) is 0 Å². The minimum atomic E-state index is 1.09. The molecule has 0 saturated heterocycles. The van der Waals surface area contributed by atoms with Gasteiger partial charge in [-0.25, -0.2) is 0 Å². The molecule has 0 bridgehead atoms. The molecule has 0 aliphatic heterocycles. The molecule has 3 aliphatic rings. The molecular formula is C18H15I. The molecule has 0 radical (unpaired) electrons. The molecule has 94 valence electrons. The molecule has 0 unspecified atom stereocenters. The minimum Gasteiger partial charge on any atom is -0.0836 e. The quantitative estimate of drug-likeness (QED) is 0.625. The van der Waals surface area contributed by atoms with Gasteiger partial charge in [0.05, 0.1) is 0 Å². The number of benzene rings is 1. The number of fused-ring (bicyclic) bond motifs is 4.